The maximum Gasteiger partial charge on any atom is 0.494 e. The van der Waals surface area contributed by atoms with Crippen LogP contribution in [0.4, 0.5) is 4.79 Å². The van der Waals surface area contributed by atoms with Gasteiger partial charge >= 0.3 is 13.2 Å². The maximum atomic E-state index is 12.7. The minimum absolute atomic E-state index is 0.0413. The Morgan fingerprint density at radius 3 is 2.35 bits per heavy atom. The number of carbonyl (C=O) groups excluding carboxylic acids is 1. The minimum atomic E-state index is -0.525. The fraction of sp³-hybridized carbons (Fsp3) is 0.552. The molecule has 1 atom stereocenters. The Kier molecular flexibility index (Phi) is 7.55. The van der Waals surface area contributed by atoms with Gasteiger partial charge in [0.15, 0.2) is 0 Å². The molecule has 2 fully saturated rings. The van der Waals surface area contributed by atoms with E-state index in [4.69, 9.17) is 19.0 Å². The molecule has 1 aromatic carbocycles. The van der Waals surface area contributed by atoms with Gasteiger partial charge in [-0.15, -0.1) is 0 Å². The summed E-state index contributed by atoms with van der Waals surface area (Å²) in [6, 6.07) is 12.1. The van der Waals surface area contributed by atoms with E-state index in [1.807, 2.05) is 52.0 Å². The van der Waals surface area contributed by atoms with Gasteiger partial charge in [-0.25, -0.2) is 4.79 Å². The Labute approximate surface area is 221 Å². The van der Waals surface area contributed by atoms with Crippen LogP contribution in [0.15, 0.2) is 47.6 Å². The van der Waals surface area contributed by atoms with Crippen molar-refractivity contribution in [3.63, 3.8) is 0 Å². The van der Waals surface area contributed by atoms with Crippen molar-refractivity contribution in [2.75, 3.05) is 13.1 Å². The van der Waals surface area contributed by atoms with Crippen molar-refractivity contribution in [3.8, 4) is 0 Å². The van der Waals surface area contributed by atoms with Crippen molar-refractivity contribution in [2.24, 2.45) is 4.99 Å². The topological polar surface area (TPSA) is 73.3 Å². The third-order valence-electron chi connectivity index (χ3n) is 7.30. The van der Waals surface area contributed by atoms with E-state index in [0.29, 0.717) is 13.1 Å². The van der Waals surface area contributed by atoms with E-state index in [0.717, 1.165) is 40.8 Å². The van der Waals surface area contributed by atoms with Crippen molar-refractivity contribution < 1.29 is 18.8 Å². The van der Waals surface area contributed by atoms with Crippen molar-refractivity contribution in [1.82, 2.24) is 9.88 Å². The molecule has 37 heavy (non-hydrogen) atoms. The molecule has 2 aliphatic heterocycles. The number of likely N-dealkylation sites (tertiary alicyclic amines) is 1. The second-order valence-electron chi connectivity index (χ2n) is 12.1. The molecule has 0 bridgehead atoms. The van der Waals surface area contributed by atoms with Gasteiger partial charge in [0, 0.05) is 24.8 Å². The zero-order chi connectivity index (χ0) is 27.0. The van der Waals surface area contributed by atoms with Crippen LogP contribution in [0.3, 0.4) is 0 Å². The van der Waals surface area contributed by atoms with E-state index in [9.17, 15) is 4.79 Å². The molecule has 2 saturated heterocycles. The average Bonchev–Trinajstić information content (AvgIpc) is 3.04. The van der Waals surface area contributed by atoms with Crippen LogP contribution in [0.25, 0.3) is 0 Å². The van der Waals surface area contributed by atoms with Gasteiger partial charge in [0.1, 0.15) is 5.60 Å². The third kappa shape index (κ3) is 6.24. The van der Waals surface area contributed by atoms with Crippen LogP contribution in [0.5, 0.6) is 0 Å². The zero-order valence-electron chi connectivity index (χ0n) is 23.5. The van der Waals surface area contributed by atoms with Gasteiger partial charge < -0.3 is 18.9 Å². The highest BCUT2D eigenvalue weighted by Crippen LogP contribution is 2.36. The Hall–Kier alpha value is -2.71. The SMILES string of the molecule is Cc1cccnc1C(=N[C@@H]1CCCN(C(=O)OC(C)(C)C)C1)c1ccc(B2OC(C)(C)C(C)(C)O2)cc1. The first-order valence-electron chi connectivity index (χ1n) is 13.2. The van der Waals surface area contributed by atoms with Gasteiger partial charge in [0.05, 0.1) is 28.6 Å². The summed E-state index contributed by atoms with van der Waals surface area (Å²) in [6.45, 7) is 17.1. The summed E-state index contributed by atoms with van der Waals surface area (Å²) in [5.41, 5.74) is 3.35. The molecular formula is C29H40BN3O4. The highest BCUT2D eigenvalue weighted by atomic mass is 16.7. The van der Waals surface area contributed by atoms with Crippen LogP contribution >= 0.6 is 0 Å². The molecule has 7 nitrogen and oxygen atoms in total. The first kappa shape index (κ1) is 27.3. The first-order chi connectivity index (χ1) is 17.3. The molecule has 2 aromatic rings. The summed E-state index contributed by atoms with van der Waals surface area (Å²) < 4.78 is 18.1. The number of nitrogens with zero attached hydrogens (tertiary/aromatic N) is 3. The molecule has 1 amide bonds. The predicted octanol–water partition coefficient (Wildman–Crippen LogP) is 4.93. The Balaban J connectivity index is 1.62. The summed E-state index contributed by atoms with van der Waals surface area (Å²) in [5.74, 6) is 0. The van der Waals surface area contributed by atoms with Crippen molar-refractivity contribution in [3.05, 3.63) is 59.4 Å². The molecule has 0 spiro atoms. The highest BCUT2D eigenvalue weighted by molar-refractivity contribution is 6.62. The smallest absolute Gasteiger partial charge is 0.444 e. The van der Waals surface area contributed by atoms with E-state index in [-0.39, 0.29) is 12.1 Å². The van der Waals surface area contributed by atoms with Gasteiger partial charge in [0.2, 0.25) is 0 Å². The van der Waals surface area contributed by atoms with Crippen LogP contribution in [0.2, 0.25) is 0 Å². The van der Waals surface area contributed by atoms with Crippen LogP contribution in [0.1, 0.15) is 78.1 Å². The first-order valence-corrected chi connectivity index (χ1v) is 13.2. The molecule has 0 N–H and O–H groups in total. The predicted molar refractivity (Wildman–Crippen MR) is 148 cm³/mol. The number of ether oxygens (including phenoxy) is 1. The number of aliphatic imine (C=N–C) groups is 1. The number of aromatic nitrogens is 1. The number of piperidine rings is 1. The normalized spacial score (nSPS) is 21.7. The second-order valence-corrected chi connectivity index (χ2v) is 12.1. The van der Waals surface area contributed by atoms with E-state index >= 15 is 0 Å². The maximum absolute atomic E-state index is 12.7. The quantitative estimate of drug-likeness (QED) is 0.436. The molecule has 4 rings (SSSR count). The van der Waals surface area contributed by atoms with Gasteiger partial charge in [-0.05, 0) is 85.3 Å². The molecule has 198 valence electrons. The number of pyridine rings is 1. The molecule has 1 aromatic heterocycles. The van der Waals surface area contributed by atoms with E-state index in [1.54, 1.807) is 11.1 Å². The van der Waals surface area contributed by atoms with Crippen LogP contribution in [-0.2, 0) is 14.0 Å². The zero-order valence-corrected chi connectivity index (χ0v) is 23.5. The summed E-state index contributed by atoms with van der Waals surface area (Å²) in [5, 5.41) is 0. The highest BCUT2D eigenvalue weighted by Gasteiger charge is 2.51. The van der Waals surface area contributed by atoms with Crippen molar-refractivity contribution in [1.29, 1.82) is 0 Å². The molecular weight excluding hydrogens is 465 g/mol. The number of hydrogen-bond acceptors (Lipinski definition) is 6. The van der Waals surface area contributed by atoms with Gasteiger partial charge in [0.25, 0.3) is 0 Å². The van der Waals surface area contributed by atoms with Gasteiger partial charge in [-0.1, -0.05) is 30.3 Å². The van der Waals surface area contributed by atoms with Gasteiger partial charge in [-0.2, -0.15) is 0 Å². The van der Waals surface area contributed by atoms with Gasteiger partial charge in [-0.3, -0.25) is 9.98 Å². The van der Waals surface area contributed by atoms with E-state index < -0.39 is 23.9 Å². The largest absolute Gasteiger partial charge is 0.494 e. The summed E-state index contributed by atoms with van der Waals surface area (Å²) >= 11 is 0. The molecule has 2 aliphatic rings. The molecule has 0 unspecified atom stereocenters. The molecule has 0 saturated carbocycles. The lowest BCUT2D eigenvalue weighted by molar-refractivity contribution is 0.00578. The number of hydrogen-bond donors (Lipinski definition) is 0. The number of carbonyl (C=O) groups is 1. The minimum Gasteiger partial charge on any atom is -0.444 e. The Morgan fingerprint density at radius 1 is 1.11 bits per heavy atom. The lowest BCUT2D eigenvalue weighted by Gasteiger charge is -2.33. The third-order valence-corrected chi connectivity index (χ3v) is 7.30. The lowest BCUT2D eigenvalue weighted by atomic mass is 9.78. The lowest BCUT2D eigenvalue weighted by Crippen LogP contribution is -2.44. The average molecular weight is 505 g/mol. The molecule has 8 heteroatoms. The number of aryl methyl sites for hydroxylation is 1. The van der Waals surface area contributed by atoms with Crippen LogP contribution in [-0.4, -0.2) is 64.7 Å². The molecule has 0 aliphatic carbocycles. The van der Waals surface area contributed by atoms with Crippen LogP contribution in [0, 0.1) is 6.92 Å². The standard InChI is InChI=1S/C29H40BN3O4/c1-20-11-9-17-31-24(20)25(32-23-12-10-18-33(19-23)26(34)35-27(2,3)4)21-13-15-22(16-14-21)30-36-28(5,6)29(7,8)37-30/h9,11,13-17,23H,10,12,18-19H2,1-8H3/t23-/m1/s1. The Morgan fingerprint density at radius 2 is 1.76 bits per heavy atom. The fourth-order valence-electron chi connectivity index (χ4n) is 4.52. The Bertz CT molecular complexity index is 1140. The van der Waals surface area contributed by atoms with Crippen LogP contribution < -0.4 is 5.46 Å². The number of benzene rings is 1. The summed E-state index contributed by atoms with van der Waals surface area (Å²) in [6.07, 6.45) is 3.29. The fourth-order valence-corrected chi connectivity index (χ4v) is 4.52. The van der Waals surface area contributed by atoms with Crippen molar-refractivity contribution >= 4 is 24.4 Å². The van der Waals surface area contributed by atoms with E-state index in [2.05, 4.69) is 44.8 Å². The summed E-state index contributed by atoms with van der Waals surface area (Å²) in [4.78, 5) is 24.3. The number of rotatable bonds is 4. The number of amides is 1. The van der Waals surface area contributed by atoms with Crippen molar-refractivity contribution in [2.45, 2.75) is 91.1 Å². The molecule has 3 heterocycles. The monoisotopic (exact) mass is 505 g/mol. The van der Waals surface area contributed by atoms with E-state index in [1.165, 1.54) is 0 Å². The summed E-state index contributed by atoms with van der Waals surface area (Å²) in [7, 11) is -0.420. The molecule has 0 radical (unpaired) electrons. The second kappa shape index (κ2) is 10.2.